The molecule has 0 saturated carbocycles. The summed E-state index contributed by atoms with van der Waals surface area (Å²) in [6.45, 7) is 0.778. The van der Waals surface area contributed by atoms with Crippen molar-refractivity contribution in [2.24, 2.45) is 0 Å². The highest BCUT2D eigenvalue weighted by Crippen LogP contribution is 2.21. The molecule has 1 unspecified atom stereocenters. The molecule has 0 bridgehead atoms. The molecule has 1 N–H and O–H groups in total. The zero-order valence-corrected chi connectivity index (χ0v) is 9.70. The molecule has 0 aliphatic carbocycles. The maximum atomic E-state index is 12.2. The third-order valence-corrected chi connectivity index (χ3v) is 2.36. The van der Waals surface area contributed by atoms with Crippen LogP contribution in [0, 0.1) is 0 Å². The number of nitrogens with zero attached hydrogens (tertiary/aromatic N) is 2. The van der Waals surface area contributed by atoms with E-state index in [1.165, 1.54) is 25.4 Å². The van der Waals surface area contributed by atoms with Gasteiger partial charge >= 0.3 is 6.18 Å². The van der Waals surface area contributed by atoms with Crippen LogP contribution in [-0.2, 0) is 0 Å². The molecule has 1 aromatic rings. The first kappa shape index (κ1) is 13.8. The van der Waals surface area contributed by atoms with Crippen LogP contribution >= 0.6 is 0 Å². The van der Waals surface area contributed by atoms with Crippen molar-refractivity contribution in [3.63, 3.8) is 0 Å². The summed E-state index contributed by atoms with van der Waals surface area (Å²) in [4.78, 5) is 5.01. The quantitative estimate of drug-likeness (QED) is 0.889. The molecule has 1 aromatic heterocycles. The molecule has 0 radical (unpaired) electrons. The minimum absolute atomic E-state index is 0.370. The van der Waals surface area contributed by atoms with E-state index >= 15 is 0 Å². The van der Waals surface area contributed by atoms with E-state index in [4.69, 9.17) is 0 Å². The Hall–Kier alpha value is -1.30. The summed E-state index contributed by atoms with van der Waals surface area (Å²) in [5.74, 6) is 0. The SMILES string of the molecule is CCC(O)c1ccc(N(C)CC(F)(F)F)cn1. The number of halogens is 3. The molecule has 0 fully saturated rings. The van der Waals surface area contributed by atoms with Crippen LogP contribution in [0.25, 0.3) is 0 Å². The lowest BCUT2D eigenvalue weighted by atomic mass is 10.2. The Labute approximate surface area is 97.9 Å². The van der Waals surface area contributed by atoms with Gasteiger partial charge in [-0.1, -0.05) is 6.92 Å². The Morgan fingerprint density at radius 2 is 2.06 bits per heavy atom. The standard InChI is InChI=1S/C11H15F3N2O/c1-3-10(17)9-5-4-8(6-15-9)16(2)7-11(12,13)14/h4-6,10,17H,3,7H2,1-2H3. The van der Waals surface area contributed by atoms with Crippen LogP contribution in [0.2, 0.25) is 0 Å². The summed E-state index contributed by atoms with van der Waals surface area (Å²) in [6, 6.07) is 3.06. The molecular formula is C11H15F3N2O. The van der Waals surface area contributed by atoms with E-state index in [-0.39, 0.29) is 0 Å². The molecule has 0 aromatic carbocycles. The van der Waals surface area contributed by atoms with E-state index in [0.29, 0.717) is 17.8 Å². The van der Waals surface area contributed by atoms with Gasteiger partial charge in [-0.25, -0.2) is 0 Å². The molecule has 17 heavy (non-hydrogen) atoms. The number of alkyl halides is 3. The molecule has 0 aliphatic heterocycles. The molecule has 1 rings (SSSR count). The van der Waals surface area contributed by atoms with Gasteiger partial charge in [-0.05, 0) is 18.6 Å². The predicted octanol–water partition coefficient (Wildman–Crippen LogP) is 2.52. The van der Waals surface area contributed by atoms with Gasteiger partial charge in [0, 0.05) is 7.05 Å². The Bertz CT molecular complexity index is 351. The first-order valence-corrected chi connectivity index (χ1v) is 5.25. The zero-order chi connectivity index (χ0) is 13.1. The fourth-order valence-corrected chi connectivity index (χ4v) is 1.39. The average Bonchev–Trinajstić information content (AvgIpc) is 2.26. The second-order valence-electron chi connectivity index (χ2n) is 3.84. The van der Waals surface area contributed by atoms with Gasteiger partial charge in [0.25, 0.3) is 0 Å². The lowest BCUT2D eigenvalue weighted by molar-refractivity contribution is -0.119. The van der Waals surface area contributed by atoms with Gasteiger partial charge < -0.3 is 10.0 Å². The third kappa shape index (κ3) is 4.22. The van der Waals surface area contributed by atoms with Crippen molar-refractivity contribution in [1.29, 1.82) is 0 Å². The van der Waals surface area contributed by atoms with E-state index in [9.17, 15) is 18.3 Å². The Morgan fingerprint density at radius 3 is 2.47 bits per heavy atom. The number of aliphatic hydroxyl groups is 1. The van der Waals surface area contributed by atoms with Gasteiger partial charge in [0.15, 0.2) is 0 Å². The molecule has 3 nitrogen and oxygen atoms in total. The summed E-state index contributed by atoms with van der Waals surface area (Å²) in [6.07, 6.45) is -3.06. The van der Waals surface area contributed by atoms with Gasteiger partial charge in [-0.3, -0.25) is 4.98 Å². The lowest BCUT2D eigenvalue weighted by Crippen LogP contribution is -2.30. The number of rotatable bonds is 4. The van der Waals surface area contributed by atoms with Crippen LogP contribution in [0.15, 0.2) is 18.3 Å². The monoisotopic (exact) mass is 248 g/mol. The molecule has 0 aliphatic rings. The van der Waals surface area contributed by atoms with Crippen LogP contribution in [0.3, 0.4) is 0 Å². The second kappa shape index (κ2) is 5.35. The highest BCUT2D eigenvalue weighted by molar-refractivity contribution is 5.44. The van der Waals surface area contributed by atoms with Crippen molar-refractivity contribution in [1.82, 2.24) is 4.98 Å². The van der Waals surface area contributed by atoms with Crippen molar-refractivity contribution in [2.45, 2.75) is 25.6 Å². The van der Waals surface area contributed by atoms with Gasteiger partial charge in [-0.2, -0.15) is 13.2 Å². The fourth-order valence-electron chi connectivity index (χ4n) is 1.39. The normalized spacial score (nSPS) is 13.5. The minimum Gasteiger partial charge on any atom is -0.387 e. The van der Waals surface area contributed by atoms with Crippen molar-refractivity contribution in [3.8, 4) is 0 Å². The van der Waals surface area contributed by atoms with Crippen LogP contribution < -0.4 is 4.90 Å². The van der Waals surface area contributed by atoms with Crippen molar-refractivity contribution in [2.75, 3.05) is 18.5 Å². The third-order valence-electron chi connectivity index (χ3n) is 2.36. The van der Waals surface area contributed by atoms with Gasteiger partial charge in [-0.15, -0.1) is 0 Å². The van der Waals surface area contributed by atoms with Crippen LogP contribution in [0.4, 0.5) is 18.9 Å². The largest absolute Gasteiger partial charge is 0.405 e. The molecule has 1 atom stereocenters. The maximum Gasteiger partial charge on any atom is 0.405 e. The maximum absolute atomic E-state index is 12.2. The number of pyridine rings is 1. The number of aliphatic hydroxyl groups excluding tert-OH is 1. The van der Waals surface area contributed by atoms with Gasteiger partial charge in [0.1, 0.15) is 6.54 Å². The van der Waals surface area contributed by atoms with Crippen molar-refractivity contribution >= 4 is 5.69 Å². The van der Waals surface area contributed by atoms with Gasteiger partial charge in [0.05, 0.1) is 23.7 Å². The smallest absolute Gasteiger partial charge is 0.387 e. The second-order valence-corrected chi connectivity index (χ2v) is 3.84. The van der Waals surface area contributed by atoms with E-state index < -0.39 is 18.8 Å². The first-order chi connectivity index (χ1) is 7.83. The lowest BCUT2D eigenvalue weighted by Gasteiger charge is -2.20. The van der Waals surface area contributed by atoms with Crippen LogP contribution in [0.5, 0.6) is 0 Å². The highest BCUT2D eigenvalue weighted by Gasteiger charge is 2.29. The topological polar surface area (TPSA) is 36.4 Å². The Kier molecular flexibility index (Phi) is 4.34. The van der Waals surface area contributed by atoms with Crippen molar-refractivity contribution < 1.29 is 18.3 Å². The van der Waals surface area contributed by atoms with E-state index in [1.807, 2.05) is 0 Å². The zero-order valence-electron chi connectivity index (χ0n) is 9.70. The van der Waals surface area contributed by atoms with Crippen molar-refractivity contribution in [3.05, 3.63) is 24.0 Å². The Balaban J connectivity index is 2.74. The molecule has 1 heterocycles. The predicted molar refractivity (Wildman–Crippen MR) is 58.8 cm³/mol. The first-order valence-electron chi connectivity index (χ1n) is 5.25. The minimum atomic E-state index is -4.24. The number of hydrogen-bond donors (Lipinski definition) is 1. The van der Waals surface area contributed by atoms with E-state index in [0.717, 1.165) is 4.90 Å². The number of aromatic nitrogens is 1. The molecule has 96 valence electrons. The summed E-state index contributed by atoms with van der Waals surface area (Å²) < 4.78 is 36.5. The summed E-state index contributed by atoms with van der Waals surface area (Å²) in [5, 5.41) is 9.49. The molecule has 6 heteroatoms. The fraction of sp³-hybridized carbons (Fsp3) is 0.545. The summed E-state index contributed by atoms with van der Waals surface area (Å²) in [7, 11) is 1.35. The molecule has 0 spiro atoms. The number of anilines is 1. The van der Waals surface area contributed by atoms with E-state index in [1.54, 1.807) is 6.92 Å². The van der Waals surface area contributed by atoms with Crippen LogP contribution in [-0.4, -0.2) is 29.9 Å². The van der Waals surface area contributed by atoms with Gasteiger partial charge in [0.2, 0.25) is 0 Å². The van der Waals surface area contributed by atoms with Crippen LogP contribution in [0.1, 0.15) is 25.1 Å². The molecular weight excluding hydrogens is 233 g/mol. The average molecular weight is 248 g/mol. The Morgan fingerprint density at radius 1 is 1.41 bits per heavy atom. The summed E-state index contributed by atoms with van der Waals surface area (Å²) >= 11 is 0. The molecule has 0 saturated heterocycles. The number of hydrogen-bond acceptors (Lipinski definition) is 3. The molecule has 0 amide bonds. The summed E-state index contributed by atoms with van der Waals surface area (Å²) in [5.41, 5.74) is 0.839. The highest BCUT2D eigenvalue weighted by atomic mass is 19.4. The van der Waals surface area contributed by atoms with E-state index in [2.05, 4.69) is 4.98 Å².